The van der Waals surface area contributed by atoms with Crippen LogP contribution in [0.25, 0.3) is 16.8 Å². The molecule has 2 aromatic heterocycles. The second-order valence-electron chi connectivity index (χ2n) is 8.06. The molecule has 0 saturated heterocycles. The van der Waals surface area contributed by atoms with Gasteiger partial charge < -0.3 is 20.6 Å². The van der Waals surface area contributed by atoms with Gasteiger partial charge in [-0.1, -0.05) is 12.1 Å². The van der Waals surface area contributed by atoms with E-state index in [1.54, 1.807) is 32.3 Å². The summed E-state index contributed by atoms with van der Waals surface area (Å²) in [5.41, 5.74) is 16.6. The van der Waals surface area contributed by atoms with Gasteiger partial charge in [0.1, 0.15) is 5.65 Å². The number of fused-ring (bicyclic) bond motifs is 1. The van der Waals surface area contributed by atoms with Crippen molar-refractivity contribution in [1.29, 1.82) is 0 Å². The van der Waals surface area contributed by atoms with Crippen molar-refractivity contribution in [1.82, 2.24) is 14.1 Å². The molecule has 11 heteroatoms. The number of aliphatic imine (C=N–C) groups is 1. The summed E-state index contributed by atoms with van der Waals surface area (Å²) in [6.07, 6.45) is 5.71. The van der Waals surface area contributed by atoms with E-state index in [9.17, 15) is 12.8 Å². The minimum absolute atomic E-state index is 0.0535. The van der Waals surface area contributed by atoms with Gasteiger partial charge in [-0.2, -0.15) is 0 Å². The maximum absolute atomic E-state index is 14.9. The van der Waals surface area contributed by atoms with Crippen LogP contribution in [0.1, 0.15) is 19.0 Å². The zero-order valence-electron chi connectivity index (χ0n) is 20.1. The van der Waals surface area contributed by atoms with Crippen molar-refractivity contribution in [2.24, 2.45) is 16.5 Å². The van der Waals surface area contributed by atoms with Crippen LogP contribution in [0.3, 0.4) is 0 Å². The molecular formula is C24H31FN6O3S. The number of para-hydroxylation sites is 1. The standard InChI is InChI=1S/C24H31FN6O3S/c1-16(28-2)19(22(27)14-30-35(3,32)33)10-12-34-24-20(5-4-6-21(24)25)17-7-8-23-29-13-18(9-11-26)31(23)15-17/h4-8,13,15,30H,9-12,14,26-27H2,1-3H3/b22-19-,28-16?. The summed E-state index contributed by atoms with van der Waals surface area (Å²) in [5, 5.41) is 0. The van der Waals surface area contributed by atoms with E-state index in [1.807, 2.05) is 22.7 Å². The molecule has 35 heavy (non-hydrogen) atoms. The maximum atomic E-state index is 14.9. The summed E-state index contributed by atoms with van der Waals surface area (Å²) in [6.45, 7) is 2.32. The van der Waals surface area contributed by atoms with Crippen molar-refractivity contribution >= 4 is 21.4 Å². The van der Waals surface area contributed by atoms with E-state index in [0.29, 0.717) is 41.9 Å². The first-order chi connectivity index (χ1) is 16.6. The topological polar surface area (TPSA) is 137 Å². The zero-order chi connectivity index (χ0) is 25.6. The van der Waals surface area contributed by atoms with Crippen LogP contribution in [0, 0.1) is 5.82 Å². The van der Waals surface area contributed by atoms with Crippen LogP contribution in [0.15, 0.2) is 59.0 Å². The Morgan fingerprint density at radius 3 is 2.74 bits per heavy atom. The predicted octanol–water partition coefficient (Wildman–Crippen LogP) is 2.26. The van der Waals surface area contributed by atoms with E-state index < -0.39 is 15.8 Å². The van der Waals surface area contributed by atoms with Crippen LogP contribution in [-0.4, -0.2) is 56.5 Å². The lowest BCUT2D eigenvalue weighted by atomic mass is 10.0. The lowest BCUT2D eigenvalue weighted by Crippen LogP contribution is -2.28. The Balaban J connectivity index is 1.87. The largest absolute Gasteiger partial charge is 0.490 e. The minimum atomic E-state index is -3.41. The predicted molar refractivity (Wildman–Crippen MR) is 137 cm³/mol. The lowest BCUT2D eigenvalue weighted by molar-refractivity contribution is 0.307. The van der Waals surface area contributed by atoms with Crippen LogP contribution in [-0.2, 0) is 16.4 Å². The smallest absolute Gasteiger partial charge is 0.209 e. The van der Waals surface area contributed by atoms with Gasteiger partial charge in [0.2, 0.25) is 10.0 Å². The third-order valence-electron chi connectivity index (χ3n) is 5.54. The van der Waals surface area contributed by atoms with Gasteiger partial charge in [0, 0.05) is 60.5 Å². The van der Waals surface area contributed by atoms with E-state index in [4.69, 9.17) is 16.2 Å². The molecule has 2 heterocycles. The number of rotatable bonds is 11. The van der Waals surface area contributed by atoms with Crippen molar-refractivity contribution in [3.63, 3.8) is 0 Å². The van der Waals surface area contributed by atoms with Gasteiger partial charge in [-0.15, -0.1) is 0 Å². The molecular weight excluding hydrogens is 471 g/mol. The average Bonchev–Trinajstić information content (AvgIpc) is 3.22. The Morgan fingerprint density at radius 2 is 2.06 bits per heavy atom. The first-order valence-corrected chi connectivity index (χ1v) is 13.0. The molecule has 0 aliphatic carbocycles. The first kappa shape index (κ1) is 26.3. The van der Waals surface area contributed by atoms with E-state index in [1.165, 1.54) is 6.07 Å². The molecule has 5 N–H and O–H groups in total. The molecule has 3 aromatic rings. The summed E-state index contributed by atoms with van der Waals surface area (Å²) in [7, 11) is -1.79. The van der Waals surface area contributed by atoms with Crippen molar-refractivity contribution in [3.05, 3.63) is 65.5 Å². The number of hydrogen-bond donors (Lipinski definition) is 3. The van der Waals surface area contributed by atoms with Gasteiger partial charge in [0.05, 0.1) is 19.4 Å². The fraction of sp³-hybridized carbons (Fsp3) is 0.333. The third kappa shape index (κ3) is 6.65. The van der Waals surface area contributed by atoms with Gasteiger partial charge in [0.15, 0.2) is 11.6 Å². The number of sulfonamides is 1. The number of pyridine rings is 1. The highest BCUT2D eigenvalue weighted by molar-refractivity contribution is 7.88. The molecule has 1 aromatic carbocycles. The summed E-state index contributed by atoms with van der Waals surface area (Å²) < 4.78 is 47.9. The molecule has 188 valence electrons. The number of imidazole rings is 1. The zero-order valence-corrected chi connectivity index (χ0v) is 20.9. The number of benzene rings is 1. The highest BCUT2D eigenvalue weighted by Gasteiger charge is 2.15. The van der Waals surface area contributed by atoms with Gasteiger partial charge >= 0.3 is 0 Å². The maximum Gasteiger partial charge on any atom is 0.209 e. The van der Waals surface area contributed by atoms with Gasteiger partial charge in [-0.25, -0.2) is 22.5 Å². The fourth-order valence-corrected chi connectivity index (χ4v) is 4.10. The van der Waals surface area contributed by atoms with Crippen LogP contribution in [0.5, 0.6) is 5.75 Å². The molecule has 0 saturated carbocycles. The number of ether oxygens (including phenoxy) is 1. The monoisotopic (exact) mass is 502 g/mol. The molecule has 9 nitrogen and oxygen atoms in total. The van der Waals surface area contributed by atoms with E-state index in [2.05, 4.69) is 14.7 Å². The molecule has 0 amide bonds. The molecule has 0 aliphatic rings. The minimum Gasteiger partial charge on any atom is -0.490 e. The average molecular weight is 503 g/mol. The number of aromatic nitrogens is 2. The van der Waals surface area contributed by atoms with Crippen molar-refractivity contribution in [2.45, 2.75) is 19.8 Å². The van der Waals surface area contributed by atoms with E-state index in [-0.39, 0.29) is 18.9 Å². The molecule has 0 radical (unpaired) electrons. The third-order valence-corrected chi connectivity index (χ3v) is 6.21. The van der Waals surface area contributed by atoms with E-state index >= 15 is 0 Å². The van der Waals surface area contributed by atoms with Gasteiger partial charge in [-0.3, -0.25) is 4.99 Å². The molecule has 0 fully saturated rings. The summed E-state index contributed by atoms with van der Waals surface area (Å²) in [6, 6.07) is 8.49. The Bertz CT molecular complexity index is 1360. The van der Waals surface area contributed by atoms with Crippen molar-refractivity contribution < 1.29 is 17.5 Å². The summed E-state index contributed by atoms with van der Waals surface area (Å²) in [4.78, 5) is 8.55. The van der Waals surface area contributed by atoms with Crippen molar-refractivity contribution in [2.75, 3.05) is 33.0 Å². The highest BCUT2D eigenvalue weighted by atomic mass is 32.2. The molecule has 0 bridgehead atoms. The summed E-state index contributed by atoms with van der Waals surface area (Å²) in [5.74, 6) is -0.376. The summed E-state index contributed by atoms with van der Waals surface area (Å²) >= 11 is 0. The molecule has 3 rings (SSSR count). The first-order valence-electron chi connectivity index (χ1n) is 11.1. The Hall–Kier alpha value is -3.28. The second kappa shape index (κ2) is 11.4. The number of nitrogens with zero attached hydrogens (tertiary/aromatic N) is 3. The van der Waals surface area contributed by atoms with Crippen molar-refractivity contribution in [3.8, 4) is 16.9 Å². The number of nitrogens with two attached hydrogens (primary N) is 2. The fourth-order valence-electron chi connectivity index (χ4n) is 3.69. The normalized spacial score (nSPS) is 13.2. The lowest BCUT2D eigenvalue weighted by Gasteiger charge is -2.16. The molecule has 0 atom stereocenters. The van der Waals surface area contributed by atoms with Gasteiger partial charge in [-0.05, 0) is 37.2 Å². The quantitative estimate of drug-likeness (QED) is 0.344. The SMILES string of the molecule is CN=C(C)/C(CCOc1c(F)cccc1-c1ccc2ncc(CCN)n2c1)=C(\N)CNS(C)(=O)=O. The van der Waals surface area contributed by atoms with Crippen LogP contribution >= 0.6 is 0 Å². The van der Waals surface area contributed by atoms with Gasteiger partial charge in [0.25, 0.3) is 0 Å². The second-order valence-corrected chi connectivity index (χ2v) is 9.89. The Kier molecular flexibility index (Phi) is 8.60. The number of hydrogen-bond acceptors (Lipinski definition) is 7. The van der Waals surface area contributed by atoms with Crippen LogP contribution < -0.4 is 20.9 Å². The molecule has 0 aliphatic heterocycles. The Morgan fingerprint density at radius 1 is 1.29 bits per heavy atom. The highest BCUT2D eigenvalue weighted by Crippen LogP contribution is 2.33. The van der Waals surface area contributed by atoms with Crippen LogP contribution in [0.4, 0.5) is 4.39 Å². The number of nitrogens with one attached hydrogen (secondary N) is 1. The molecule has 0 spiro atoms. The molecule has 0 unspecified atom stereocenters. The number of halogens is 1. The Labute approximate surface area is 204 Å². The van der Waals surface area contributed by atoms with E-state index in [0.717, 1.165) is 23.2 Å². The van der Waals surface area contributed by atoms with Crippen LogP contribution in [0.2, 0.25) is 0 Å².